The van der Waals surface area contributed by atoms with Crippen molar-refractivity contribution in [2.75, 3.05) is 6.61 Å². The summed E-state index contributed by atoms with van der Waals surface area (Å²) in [7, 11) is 0. The van der Waals surface area contributed by atoms with E-state index in [1.807, 2.05) is 0 Å². The second-order valence-corrected chi connectivity index (χ2v) is 4.88. The van der Waals surface area contributed by atoms with Crippen LogP contribution in [-0.2, 0) is 9.53 Å². The van der Waals surface area contributed by atoms with Crippen LogP contribution >= 0.6 is 0 Å². The molecule has 1 aliphatic rings. The van der Waals surface area contributed by atoms with Crippen LogP contribution in [0.25, 0.3) is 0 Å². The molecular weight excluding hydrogens is 318 g/mol. The van der Waals surface area contributed by atoms with Crippen molar-refractivity contribution in [1.29, 1.82) is 0 Å². The number of benzene rings is 1. The lowest BCUT2D eigenvalue weighted by atomic mass is 10.0. The number of rotatable bonds is 6. The summed E-state index contributed by atoms with van der Waals surface area (Å²) in [5.74, 6) is -6.48. The minimum atomic E-state index is -1.46. The van der Waals surface area contributed by atoms with Gasteiger partial charge in [0.15, 0.2) is 11.6 Å². The number of nitrogens with one attached hydrogen (secondary N) is 1. The van der Waals surface area contributed by atoms with Gasteiger partial charge in [0.05, 0.1) is 18.2 Å². The van der Waals surface area contributed by atoms with Gasteiger partial charge < -0.3 is 10.1 Å². The van der Waals surface area contributed by atoms with Crippen LogP contribution in [-0.4, -0.2) is 30.6 Å². The van der Waals surface area contributed by atoms with Gasteiger partial charge in [-0.25, -0.2) is 22.4 Å². The minimum Gasteiger partial charge on any atom is -0.462 e. The highest BCUT2D eigenvalue weighted by atomic mass is 19.2. The van der Waals surface area contributed by atoms with Crippen LogP contribution in [0.2, 0.25) is 0 Å². The third-order valence-electron chi connectivity index (χ3n) is 3.15. The van der Waals surface area contributed by atoms with Gasteiger partial charge in [0.2, 0.25) is 5.78 Å². The predicted molar refractivity (Wildman–Crippen MR) is 71.8 cm³/mol. The van der Waals surface area contributed by atoms with Crippen molar-refractivity contribution in [3.63, 3.8) is 0 Å². The number of carbonyl (C=O) groups is 2. The van der Waals surface area contributed by atoms with E-state index in [1.165, 1.54) is 6.92 Å². The molecule has 1 aromatic carbocycles. The zero-order chi connectivity index (χ0) is 17.1. The maximum atomic E-state index is 13.7. The van der Waals surface area contributed by atoms with Crippen molar-refractivity contribution >= 4 is 11.8 Å². The molecule has 2 rings (SSSR count). The van der Waals surface area contributed by atoms with E-state index in [1.54, 1.807) is 0 Å². The lowest BCUT2D eigenvalue weighted by Gasteiger charge is -2.08. The van der Waals surface area contributed by atoms with Crippen LogP contribution in [0.5, 0.6) is 0 Å². The number of ketones is 1. The van der Waals surface area contributed by atoms with Gasteiger partial charge in [-0.1, -0.05) is 0 Å². The number of hydrogen-bond acceptors (Lipinski definition) is 4. The van der Waals surface area contributed by atoms with Crippen LogP contribution < -0.4 is 5.32 Å². The van der Waals surface area contributed by atoms with E-state index < -0.39 is 52.6 Å². The lowest BCUT2D eigenvalue weighted by Crippen LogP contribution is -2.22. The molecule has 0 radical (unpaired) electrons. The Hall–Kier alpha value is -2.38. The first-order valence-corrected chi connectivity index (χ1v) is 6.81. The Bertz CT molecular complexity index is 675. The van der Waals surface area contributed by atoms with Gasteiger partial charge in [-0.05, 0) is 13.0 Å². The zero-order valence-electron chi connectivity index (χ0n) is 12.0. The Labute approximate surface area is 129 Å². The molecule has 0 unspecified atom stereocenters. The van der Waals surface area contributed by atoms with Crippen molar-refractivity contribution in [1.82, 2.24) is 5.32 Å². The molecule has 0 saturated heterocycles. The molecule has 1 saturated carbocycles. The Morgan fingerprint density at radius 2 is 1.87 bits per heavy atom. The summed E-state index contributed by atoms with van der Waals surface area (Å²) in [5.41, 5.74) is -1.45. The fourth-order valence-corrected chi connectivity index (χ4v) is 1.79. The molecule has 0 heterocycles. The molecule has 0 amide bonds. The van der Waals surface area contributed by atoms with Gasteiger partial charge in [0.1, 0.15) is 17.6 Å². The monoisotopic (exact) mass is 331 g/mol. The standard InChI is InChI=1S/C15H13F4NO3/c1-2-23-15(22)8(6-20-13-5-12(13)19)14(21)7-3-10(17)11(18)4-9(7)16/h3-4,6,12-13,20H,2,5H2,1H3/t12-,13-/m1/s1. The largest absolute Gasteiger partial charge is 0.462 e. The topological polar surface area (TPSA) is 55.4 Å². The molecule has 0 aromatic heterocycles. The van der Waals surface area contributed by atoms with Gasteiger partial charge in [-0.3, -0.25) is 4.79 Å². The van der Waals surface area contributed by atoms with Gasteiger partial charge in [-0.15, -0.1) is 0 Å². The highest BCUT2D eigenvalue weighted by molar-refractivity contribution is 6.24. The number of esters is 1. The number of ether oxygens (including phenoxy) is 1. The number of halogens is 4. The molecule has 1 aliphatic carbocycles. The van der Waals surface area contributed by atoms with E-state index in [9.17, 15) is 27.2 Å². The first-order valence-electron chi connectivity index (χ1n) is 6.81. The van der Waals surface area contributed by atoms with Gasteiger partial charge in [0, 0.05) is 18.7 Å². The van der Waals surface area contributed by atoms with E-state index in [2.05, 4.69) is 10.1 Å². The maximum Gasteiger partial charge on any atom is 0.343 e. The van der Waals surface area contributed by atoms with Crippen LogP contribution in [0.1, 0.15) is 23.7 Å². The Morgan fingerprint density at radius 3 is 2.43 bits per heavy atom. The van der Waals surface area contributed by atoms with E-state index >= 15 is 0 Å². The molecule has 0 aliphatic heterocycles. The third-order valence-corrected chi connectivity index (χ3v) is 3.15. The van der Waals surface area contributed by atoms with Crippen LogP contribution in [0.3, 0.4) is 0 Å². The molecule has 1 aromatic rings. The smallest absolute Gasteiger partial charge is 0.343 e. The van der Waals surface area contributed by atoms with E-state index in [0.717, 1.165) is 6.20 Å². The molecule has 4 nitrogen and oxygen atoms in total. The van der Waals surface area contributed by atoms with Gasteiger partial charge in [-0.2, -0.15) is 0 Å². The van der Waals surface area contributed by atoms with E-state index in [0.29, 0.717) is 6.07 Å². The fraction of sp³-hybridized carbons (Fsp3) is 0.333. The Morgan fingerprint density at radius 1 is 1.26 bits per heavy atom. The van der Waals surface area contributed by atoms with Crippen LogP contribution in [0, 0.1) is 17.5 Å². The zero-order valence-corrected chi connectivity index (χ0v) is 12.0. The molecule has 1 N–H and O–H groups in total. The van der Waals surface area contributed by atoms with Crippen molar-refractivity contribution < 1.29 is 31.9 Å². The molecule has 8 heteroatoms. The SMILES string of the molecule is CCOC(=O)C(=CN[C@@H]1C[C@H]1F)C(=O)c1cc(F)c(F)cc1F. The second-order valence-electron chi connectivity index (χ2n) is 4.88. The quantitative estimate of drug-likeness (QED) is 0.165. The summed E-state index contributed by atoms with van der Waals surface area (Å²) in [6, 6.07) is 0.00823. The van der Waals surface area contributed by atoms with Crippen molar-refractivity contribution in [2.24, 2.45) is 0 Å². The molecular formula is C15H13F4NO3. The minimum absolute atomic E-state index is 0.0567. The molecule has 124 valence electrons. The van der Waals surface area contributed by atoms with Crippen molar-refractivity contribution in [2.45, 2.75) is 25.6 Å². The third kappa shape index (κ3) is 3.88. The molecule has 1 fully saturated rings. The lowest BCUT2D eigenvalue weighted by molar-refractivity contribution is -0.138. The highest BCUT2D eigenvalue weighted by Gasteiger charge is 2.37. The first kappa shape index (κ1) is 17.0. The normalized spacial score (nSPS) is 20.1. The highest BCUT2D eigenvalue weighted by Crippen LogP contribution is 2.25. The fourth-order valence-electron chi connectivity index (χ4n) is 1.79. The molecule has 0 bridgehead atoms. The number of carbonyl (C=O) groups excluding carboxylic acids is 2. The number of Topliss-reactive ketones (excluding diaryl/α,β-unsaturated/α-hetero) is 1. The maximum absolute atomic E-state index is 13.7. The number of alkyl halides is 1. The molecule has 2 atom stereocenters. The van der Waals surface area contributed by atoms with Gasteiger partial charge >= 0.3 is 5.97 Å². The molecule has 0 spiro atoms. The molecule has 23 heavy (non-hydrogen) atoms. The summed E-state index contributed by atoms with van der Waals surface area (Å²) in [6.07, 6.45) is 0.0100. The predicted octanol–water partition coefficient (Wildman–Crippen LogP) is 2.43. The van der Waals surface area contributed by atoms with E-state index in [4.69, 9.17) is 0 Å². The summed E-state index contributed by atoms with van der Waals surface area (Å²) < 4.78 is 57.3. The first-order chi connectivity index (χ1) is 10.8. The van der Waals surface area contributed by atoms with Crippen molar-refractivity contribution in [3.05, 3.63) is 46.9 Å². The Kier molecular flexibility index (Phi) is 5.02. The summed E-state index contributed by atoms with van der Waals surface area (Å²) in [5, 5.41) is 2.49. The summed E-state index contributed by atoms with van der Waals surface area (Å²) in [4.78, 5) is 24.0. The average Bonchev–Trinajstić information content (AvgIpc) is 3.19. The Balaban J connectivity index is 2.32. The summed E-state index contributed by atoms with van der Waals surface area (Å²) >= 11 is 0. The van der Waals surface area contributed by atoms with Crippen molar-refractivity contribution in [3.8, 4) is 0 Å². The van der Waals surface area contributed by atoms with Crippen LogP contribution in [0.4, 0.5) is 17.6 Å². The van der Waals surface area contributed by atoms with E-state index in [-0.39, 0.29) is 19.1 Å². The summed E-state index contributed by atoms with van der Waals surface area (Å²) in [6.45, 7) is 1.43. The second kappa shape index (κ2) is 6.80. The number of hydrogen-bond donors (Lipinski definition) is 1. The van der Waals surface area contributed by atoms with Crippen LogP contribution in [0.15, 0.2) is 23.9 Å². The van der Waals surface area contributed by atoms with Gasteiger partial charge in [0.25, 0.3) is 0 Å². The average molecular weight is 331 g/mol.